The predicted molar refractivity (Wildman–Crippen MR) is 126 cm³/mol. The van der Waals surface area contributed by atoms with Crippen LogP contribution in [0, 0.1) is 0 Å². The third-order valence-electron chi connectivity index (χ3n) is 6.26. The van der Waals surface area contributed by atoms with Crippen LogP contribution in [0.1, 0.15) is 63.6 Å². The van der Waals surface area contributed by atoms with E-state index in [-0.39, 0.29) is 11.3 Å². The Morgan fingerprint density at radius 2 is 1.75 bits per heavy atom. The zero-order chi connectivity index (χ0) is 22.8. The van der Waals surface area contributed by atoms with Crippen LogP contribution in [0.3, 0.4) is 0 Å². The second-order valence-corrected chi connectivity index (χ2v) is 9.70. The molecule has 2 aromatic carbocycles. The Morgan fingerprint density at radius 1 is 1.03 bits per heavy atom. The Morgan fingerprint density at radius 3 is 2.41 bits per heavy atom. The molecule has 4 rings (SSSR count). The van der Waals surface area contributed by atoms with E-state index in [1.54, 1.807) is 4.90 Å². The van der Waals surface area contributed by atoms with Crippen LogP contribution in [-0.2, 0) is 31.9 Å². The van der Waals surface area contributed by atoms with Gasteiger partial charge in [0, 0.05) is 12.1 Å². The van der Waals surface area contributed by atoms with E-state index < -0.39 is 5.79 Å². The molecule has 1 spiro atoms. The van der Waals surface area contributed by atoms with Gasteiger partial charge in [-0.2, -0.15) is 0 Å². The van der Waals surface area contributed by atoms with E-state index >= 15 is 0 Å². The molecule has 2 aromatic rings. The second-order valence-electron chi connectivity index (χ2n) is 9.70. The van der Waals surface area contributed by atoms with Gasteiger partial charge in [0.2, 0.25) is 0 Å². The Bertz CT molecular complexity index is 939. The van der Waals surface area contributed by atoms with Crippen LogP contribution in [-0.4, -0.2) is 32.3 Å². The Kier molecular flexibility index (Phi) is 6.59. The summed E-state index contributed by atoms with van der Waals surface area (Å²) in [6.45, 7) is 10.8. The number of nitrogens with zero attached hydrogens (tertiary/aromatic N) is 1. The molecule has 0 radical (unpaired) electrons. The number of amides is 1. The molecule has 0 N–H and O–H groups in total. The number of fused-ring (bicyclic) bond motifs is 2. The van der Waals surface area contributed by atoms with Gasteiger partial charge in [0.15, 0.2) is 0 Å². The summed E-state index contributed by atoms with van der Waals surface area (Å²) in [7, 11) is 0. The number of ether oxygens (including phenoxy) is 3. The number of rotatable bonds is 8. The smallest absolute Gasteiger partial charge is 0.292 e. The lowest BCUT2D eigenvalue weighted by atomic mass is 9.87. The maximum Gasteiger partial charge on any atom is 0.292 e. The molecule has 0 aromatic heterocycles. The molecule has 5 nitrogen and oxygen atoms in total. The van der Waals surface area contributed by atoms with Crippen molar-refractivity contribution in [3.8, 4) is 5.75 Å². The van der Waals surface area contributed by atoms with E-state index in [2.05, 4.69) is 52.0 Å². The number of carbonyl (C=O) groups excluding carboxylic acids is 1. The summed E-state index contributed by atoms with van der Waals surface area (Å²) in [5, 5.41) is 0. The van der Waals surface area contributed by atoms with Gasteiger partial charge in [0.1, 0.15) is 5.75 Å². The van der Waals surface area contributed by atoms with Gasteiger partial charge in [-0.25, -0.2) is 0 Å². The molecule has 2 aliphatic heterocycles. The highest BCUT2D eigenvalue weighted by Crippen LogP contribution is 2.46. The third kappa shape index (κ3) is 4.41. The van der Waals surface area contributed by atoms with Crippen LogP contribution in [0.5, 0.6) is 5.75 Å². The summed E-state index contributed by atoms with van der Waals surface area (Å²) in [6, 6.07) is 14.5. The highest BCUT2D eigenvalue weighted by Gasteiger charge is 2.55. The second kappa shape index (κ2) is 9.24. The quantitative estimate of drug-likeness (QED) is 0.523. The van der Waals surface area contributed by atoms with Crippen molar-refractivity contribution in [1.29, 1.82) is 0 Å². The zero-order valence-electron chi connectivity index (χ0n) is 19.8. The maximum absolute atomic E-state index is 13.3. The highest BCUT2D eigenvalue weighted by atomic mass is 16.7. The zero-order valence-corrected chi connectivity index (χ0v) is 19.8. The summed E-state index contributed by atoms with van der Waals surface area (Å²) in [4.78, 5) is 15.1. The first kappa shape index (κ1) is 22.8. The molecule has 2 aliphatic rings. The molecule has 172 valence electrons. The molecule has 1 fully saturated rings. The molecule has 0 aliphatic carbocycles. The molecule has 32 heavy (non-hydrogen) atoms. The number of carbonyl (C=O) groups is 1. The number of aryl methyl sites for hydroxylation is 1. The van der Waals surface area contributed by atoms with Crippen LogP contribution >= 0.6 is 0 Å². The number of benzene rings is 2. The molecule has 5 heteroatoms. The van der Waals surface area contributed by atoms with Crippen molar-refractivity contribution in [2.45, 2.75) is 64.6 Å². The minimum absolute atomic E-state index is 0.118. The van der Waals surface area contributed by atoms with E-state index in [0.717, 1.165) is 42.7 Å². The Labute approximate surface area is 191 Å². The fourth-order valence-electron chi connectivity index (χ4n) is 4.40. The molecular formula is C27H35NO4. The van der Waals surface area contributed by atoms with E-state index in [1.165, 1.54) is 11.1 Å². The number of anilines is 1. The number of hydrogen-bond acceptors (Lipinski definition) is 4. The summed E-state index contributed by atoms with van der Waals surface area (Å²) < 4.78 is 17.7. The SMILES string of the molecule is CCCCc1ccc2c(c1)C1(OCCO1)C(=O)N2CCCOc1ccc(C(C)(C)C)cc1. The van der Waals surface area contributed by atoms with Crippen molar-refractivity contribution in [2.75, 3.05) is 31.3 Å². The first-order valence-electron chi connectivity index (χ1n) is 11.8. The van der Waals surface area contributed by atoms with Crippen molar-refractivity contribution in [1.82, 2.24) is 0 Å². The largest absolute Gasteiger partial charge is 0.494 e. The van der Waals surface area contributed by atoms with Gasteiger partial charge in [-0.05, 0) is 60.1 Å². The van der Waals surface area contributed by atoms with Gasteiger partial charge in [0.25, 0.3) is 11.7 Å². The molecule has 0 bridgehead atoms. The summed E-state index contributed by atoms with van der Waals surface area (Å²) in [5.74, 6) is -0.529. The molecule has 0 saturated carbocycles. The minimum Gasteiger partial charge on any atom is -0.494 e. The standard InChI is InChI=1S/C27H35NO4/c1-5-6-8-20-9-14-24-23(19-20)27(31-17-18-32-27)25(29)28(24)15-7-16-30-22-12-10-21(11-13-22)26(2,3)4/h9-14,19H,5-8,15-18H2,1-4H3. The lowest BCUT2D eigenvalue weighted by Gasteiger charge is -2.22. The summed E-state index contributed by atoms with van der Waals surface area (Å²) in [6.07, 6.45) is 3.98. The van der Waals surface area contributed by atoms with Crippen molar-refractivity contribution in [3.05, 3.63) is 59.2 Å². The van der Waals surface area contributed by atoms with Gasteiger partial charge >= 0.3 is 0 Å². The topological polar surface area (TPSA) is 48.0 Å². The van der Waals surface area contributed by atoms with Crippen molar-refractivity contribution in [3.63, 3.8) is 0 Å². The van der Waals surface area contributed by atoms with Crippen molar-refractivity contribution >= 4 is 11.6 Å². The predicted octanol–water partition coefficient (Wildman–Crippen LogP) is 5.34. The average molecular weight is 438 g/mol. The van der Waals surface area contributed by atoms with Gasteiger partial charge in [-0.3, -0.25) is 4.79 Å². The number of hydrogen-bond donors (Lipinski definition) is 0. The van der Waals surface area contributed by atoms with Crippen LogP contribution in [0.2, 0.25) is 0 Å². The minimum atomic E-state index is -1.26. The lowest BCUT2D eigenvalue weighted by Crippen LogP contribution is -2.41. The van der Waals surface area contributed by atoms with Crippen molar-refractivity contribution in [2.24, 2.45) is 0 Å². The first-order chi connectivity index (χ1) is 15.3. The van der Waals surface area contributed by atoms with E-state index in [4.69, 9.17) is 14.2 Å². The molecule has 0 atom stereocenters. The van der Waals surface area contributed by atoms with Crippen LogP contribution in [0.25, 0.3) is 0 Å². The van der Waals surface area contributed by atoms with E-state index in [1.807, 2.05) is 18.2 Å². The lowest BCUT2D eigenvalue weighted by molar-refractivity contribution is -0.180. The van der Waals surface area contributed by atoms with Gasteiger partial charge in [-0.15, -0.1) is 0 Å². The van der Waals surface area contributed by atoms with Crippen LogP contribution in [0.4, 0.5) is 5.69 Å². The highest BCUT2D eigenvalue weighted by molar-refractivity contribution is 6.06. The molecule has 1 amide bonds. The van der Waals surface area contributed by atoms with Gasteiger partial charge in [0.05, 0.1) is 25.5 Å². The fraction of sp³-hybridized carbons (Fsp3) is 0.519. The summed E-state index contributed by atoms with van der Waals surface area (Å²) >= 11 is 0. The fourth-order valence-corrected chi connectivity index (χ4v) is 4.40. The summed E-state index contributed by atoms with van der Waals surface area (Å²) in [5.41, 5.74) is 4.38. The molecule has 2 heterocycles. The van der Waals surface area contributed by atoms with Gasteiger partial charge < -0.3 is 19.1 Å². The Balaban J connectivity index is 1.41. The number of unbranched alkanes of at least 4 members (excludes halogenated alkanes) is 1. The average Bonchev–Trinajstić information content (AvgIpc) is 3.35. The van der Waals surface area contributed by atoms with Crippen molar-refractivity contribution < 1.29 is 19.0 Å². The monoisotopic (exact) mass is 437 g/mol. The maximum atomic E-state index is 13.3. The van der Waals surface area contributed by atoms with E-state index in [9.17, 15) is 4.79 Å². The van der Waals surface area contributed by atoms with Gasteiger partial charge in [-0.1, -0.05) is 52.3 Å². The van der Waals surface area contributed by atoms with E-state index in [0.29, 0.717) is 26.4 Å². The molecule has 1 saturated heterocycles. The first-order valence-corrected chi connectivity index (χ1v) is 11.8. The molecular weight excluding hydrogens is 402 g/mol. The third-order valence-corrected chi connectivity index (χ3v) is 6.26. The molecule has 0 unspecified atom stereocenters. The normalized spacial score (nSPS) is 17.2. The van der Waals surface area contributed by atoms with Crippen LogP contribution < -0.4 is 9.64 Å². The van der Waals surface area contributed by atoms with Crippen LogP contribution in [0.15, 0.2) is 42.5 Å². The Hall–Kier alpha value is -2.37.